The number of rotatable bonds is 4. The molecule has 0 spiro atoms. The van der Waals surface area contributed by atoms with Gasteiger partial charge < -0.3 is 10.0 Å². The summed E-state index contributed by atoms with van der Waals surface area (Å²) < 4.78 is 0. The van der Waals surface area contributed by atoms with Crippen molar-refractivity contribution in [1.82, 2.24) is 4.90 Å². The molecule has 3 unspecified atom stereocenters. The van der Waals surface area contributed by atoms with Crippen LogP contribution >= 0.6 is 0 Å². The molecule has 6 rings (SSSR count). The molecule has 3 heteroatoms. The molecule has 0 aromatic heterocycles. The summed E-state index contributed by atoms with van der Waals surface area (Å²) in [6.45, 7) is 13.8. The third-order valence-electron chi connectivity index (χ3n) is 11.9. The Hall–Kier alpha value is -1.32. The summed E-state index contributed by atoms with van der Waals surface area (Å²) in [4.78, 5) is 5.32. The third kappa shape index (κ3) is 4.09. The third-order valence-corrected chi connectivity index (χ3v) is 11.9. The molecule has 4 fully saturated rings. The molecule has 3 nitrogen and oxygen atoms in total. The highest BCUT2D eigenvalue weighted by Crippen LogP contribution is 2.67. The Morgan fingerprint density at radius 3 is 2.49 bits per heavy atom. The molecule has 1 N–H and O–H groups in total. The molecule has 192 valence electrons. The van der Waals surface area contributed by atoms with Crippen molar-refractivity contribution in [1.29, 1.82) is 0 Å². The Bertz CT molecular complexity index is 921. The molecular formula is C32H48N2O. The van der Waals surface area contributed by atoms with Gasteiger partial charge in [-0.25, -0.2) is 0 Å². The topological polar surface area (TPSA) is 26.7 Å². The first-order valence-electron chi connectivity index (χ1n) is 14.8. The Morgan fingerprint density at radius 2 is 1.71 bits per heavy atom. The summed E-state index contributed by atoms with van der Waals surface area (Å²) in [6.07, 6.45) is 12.7. The molecule has 0 amide bonds. The van der Waals surface area contributed by atoms with Gasteiger partial charge in [-0.3, -0.25) is 4.90 Å². The fraction of sp³-hybridized carbons (Fsp3) is 0.750. The first kappa shape index (κ1) is 24.0. The number of aliphatic hydroxyl groups is 1. The number of aliphatic hydroxyl groups excluding tert-OH is 1. The van der Waals surface area contributed by atoms with E-state index in [2.05, 4.69) is 67.0 Å². The summed E-state index contributed by atoms with van der Waals surface area (Å²) in [6, 6.07) is 11.0. The van der Waals surface area contributed by atoms with Gasteiger partial charge in [0.1, 0.15) is 0 Å². The van der Waals surface area contributed by atoms with Crippen LogP contribution in [0.2, 0.25) is 0 Å². The summed E-state index contributed by atoms with van der Waals surface area (Å²) in [5, 5.41) is 10.3. The van der Waals surface area contributed by atoms with Crippen molar-refractivity contribution in [2.45, 2.75) is 78.2 Å². The number of anilines is 1. The largest absolute Gasteiger partial charge is 0.393 e. The van der Waals surface area contributed by atoms with E-state index in [0.717, 1.165) is 55.5 Å². The first-order valence-corrected chi connectivity index (χ1v) is 14.8. The van der Waals surface area contributed by atoms with Gasteiger partial charge in [0.2, 0.25) is 0 Å². The van der Waals surface area contributed by atoms with Crippen LogP contribution in [0, 0.1) is 40.4 Å². The number of nitrogens with zero attached hydrogens (tertiary/aromatic N) is 2. The van der Waals surface area contributed by atoms with Gasteiger partial charge in [-0.15, -0.1) is 0 Å². The smallest absolute Gasteiger partial charge is 0.0577 e. The average Bonchev–Trinajstić information content (AvgIpc) is 3.23. The van der Waals surface area contributed by atoms with Gasteiger partial charge in [0.15, 0.2) is 0 Å². The van der Waals surface area contributed by atoms with Crippen LogP contribution in [0.25, 0.3) is 0 Å². The lowest BCUT2D eigenvalue weighted by Crippen LogP contribution is -2.52. The fourth-order valence-corrected chi connectivity index (χ4v) is 9.98. The van der Waals surface area contributed by atoms with E-state index in [4.69, 9.17) is 0 Å². The van der Waals surface area contributed by atoms with Crippen molar-refractivity contribution < 1.29 is 5.11 Å². The summed E-state index contributed by atoms with van der Waals surface area (Å²) >= 11 is 0. The van der Waals surface area contributed by atoms with E-state index in [0.29, 0.717) is 10.8 Å². The average molecular weight is 477 g/mol. The van der Waals surface area contributed by atoms with Crippen molar-refractivity contribution in [3.05, 3.63) is 42.0 Å². The van der Waals surface area contributed by atoms with E-state index >= 15 is 0 Å². The molecule has 0 radical (unpaired) electrons. The van der Waals surface area contributed by atoms with Crippen LogP contribution < -0.4 is 4.90 Å². The van der Waals surface area contributed by atoms with Crippen LogP contribution in [0.3, 0.4) is 0 Å². The van der Waals surface area contributed by atoms with Crippen molar-refractivity contribution in [2.75, 3.05) is 37.6 Å². The van der Waals surface area contributed by atoms with Gasteiger partial charge in [0, 0.05) is 38.4 Å². The molecule has 1 saturated heterocycles. The number of fused-ring (bicyclic) bond motifs is 5. The number of hydrogen-bond donors (Lipinski definition) is 1. The number of hydrogen-bond acceptors (Lipinski definition) is 3. The quantitative estimate of drug-likeness (QED) is 0.511. The Labute approximate surface area is 214 Å². The molecule has 8 atom stereocenters. The molecule has 1 heterocycles. The Kier molecular flexibility index (Phi) is 6.33. The highest BCUT2D eigenvalue weighted by atomic mass is 16.3. The maximum absolute atomic E-state index is 10.3. The molecule has 4 aliphatic carbocycles. The zero-order valence-electron chi connectivity index (χ0n) is 22.5. The van der Waals surface area contributed by atoms with Crippen LogP contribution in [-0.4, -0.2) is 48.8 Å². The van der Waals surface area contributed by atoms with Crippen LogP contribution in [-0.2, 0) is 0 Å². The zero-order chi connectivity index (χ0) is 24.2. The minimum absolute atomic E-state index is 0.0917. The Balaban J connectivity index is 1.10. The molecule has 35 heavy (non-hydrogen) atoms. The van der Waals surface area contributed by atoms with Gasteiger partial charge in [-0.05, 0) is 104 Å². The lowest BCUT2D eigenvalue weighted by Gasteiger charge is -2.58. The summed E-state index contributed by atoms with van der Waals surface area (Å²) in [7, 11) is 0. The highest BCUT2D eigenvalue weighted by molar-refractivity contribution is 5.46. The predicted octanol–water partition coefficient (Wildman–Crippen LogP) is 6.38. The van der Waals surface area contributed by atoms with E-state index < -0.39 is 0 Å². The number of benzene rings is 1. The monoisotopic (exact) mass is 476 g/mol. The predicted molar refractivity (Wildman–Crippen MR) is 145 cm³/mol. The van der Waals surface area contributed by atoms with E-state index in [1.165, 1.54) is 63.8 Å². The molecule has 1 aromatic carbocycles. The highest BCUT2D eigenvalue weighted by Gasteiger charge is 2.59. The molecule has 5 aliphatic rings. The van der Waals surface area contributed by atoms with Gasteiger partial charge in [-0.2, -0.15) is 0 Å². The molecular weight excluding hydrogens is 428 g/mol. The van der Waals surface area contributed by atoms with Crippen LogP contribution in [0.15, 0.2) is 42.0 Å². The van der Waals surface area contributed by atoms with E-state index in [9.17, 15) is 5.11 Å². The van der Waals surface area contributed by atoms with Crippen molar-refractivity contribution in [3.63, 3.8) is 0 Å². The van der Waals surface area contributed by atoms with Gasteiger partial charge >= 0.3 is 0 Å². The van der Waals surface area contributed by atoms with Crippen LogP contribution in [0.1, 0.15) is 72.1 Å². The number of para-hydroxylation sites is 1. The van der Waals surface area contributed by atoms with Gasteiger partial charge in [0.25, 0.3) is 0 Å². The second-order valence-corrected chi connectivity index (χ2v) is 13.5. The minimum Gasteiger partial charge on any atom is -0.393 e. The second kappa shape index (κ2) is 9.21. The van der Waals surface area contributed by atoms with Crippen molar-refractivity contribution >= 4 is 5.69 Å². The molecule has 0 bridgehead atoms. The fourth-order valence-electron chi connectivity index (χ4n) is 9.98. The maximum Gasteiger partial charge on any atom is 0.0577 e. The van der Waals surface area contributed by atoms with Crippen molar-refractivity contribution in [2.24, 2.45) is 40.4 Å². The molecule has 1 aromatic rings. The van der Waals surface area contributed by atoms with E-state index in [1.807, 2.05) is 0 Å². The molecule has 1 aliphatic heterocycles. The first-order chi connectivity index (χ1) is 16.9. The minimum atomic E-state index is -0.0917. The lowest BCUT2D eigenvalue weighted by molar-refractivity contribution is -0.0585. The van der Waals surface area contributed by atoms with Crippen molar-refractivity contribution in [3.8, 4) is 0 Å². The normalized spacial score (nSPS) is 42.6. The second-order valence-electron chi connectivity index (χ2n) is 13.5. The SMILES string of the molecule is C[C@H](CN1CCN(c2ccccc2)CC1)[C@H]1CCC2C3CC=C4C[C@@H](O)CC[C@]4(C)C3CC[C@@]21C. The van der Waals surface area contributed by atoms with Crippen LogP contribution in [0.5, 0.6) is 0 Å². The van der Waals surface area contributed by atoms with Gasteiger partial charge in [0.05, 0.1) is 6.10 Å². The zero-order valence-corrected chi connectivity index (χ0v) is 22.5. The Morgan fingerprint density at radius 1 is 0.943 bits per heavy atom. The number of allylic oxidation sites excluding steroid dienone is 1. The van der Waals surface area contributed by atoms with E-state index in [1.54, 1.807) is 5.57 Å². The van der Waals surface area contributed by atoms with Gasteiger partial charge in [-0.1, -0.05) is 50.6 Å². The summed E-state index contributed by atoms with van der Waals surface area (Å²) in [5.74, 6) is 4.31. The van der Waals surface area contributed by atoms with Crippen LogP contribution in [0.4, 0.5) is 5.69 Å². The van der Waals surface area contributed by atoms with E-state index in [-0.39, 0.29) is 6.10 Å². The maximum atomic E-state index is 10.3. The summed E-state index contributed by atoms with van der Waals surface area (Å²) in [5.41, 5.74) is 3.89. The number of piperazine rings is 1. The standard InChI is InChI=1S/C32H48N2O/c1-23(22-33-17-19-34(20-18-33)25-7-5-4-6-8-25)28-11-12-29-27-10-9-24-21-26(35)13-15-31(24,2)30(27)14-16-32(28,29)3/h4-9,23,26-30,35H,10-22H2,1-3H3/t23-,26+,27?,28-,29?,30?,31+,32-/m1/s1. The molecule has 3 saturated carbocycles. The lowest BCUT2D eigenvalue weighted by atomic mass is 9.47.